The zero-order valence-corrected chi connectivity index (χ0v) is 26.1. The van der Waals surface area contributed by atoms with Crippen molar-refractivity contribution in [3.8, 4) is 6.01 Å². The van der Waals surface area contributed by atoms with Gasteiger partial charge in [-0.25, -0.2) is 0 Å². The first-order chi connectivity index (χ1) is 21.5. The Balaban J connectivity index is 1.16. The van der Waals surface area contributed by atoms with Crippen molar-refractivity contribution in [1.82, 2.24) is 19.8 Å². The third-order valence-electron chi connectivity index (χ3n) is 10.7. The van der Waals surface area contributed by atoms with Gasteiger partial charge in [0.2, 0.25) is 5.91 Å². The maximum atomic E-state index is 12.5. The van der Waals surface area contributed by atoms with E-state index in [2.05, 4.69) is 45.5 Å². The second-order valence-corrected chi connectivity index (χ2v) is 13.7. The fraction of sp³-hybridized carbons (Fsp3) is 0.514. The van der Waals surface area contributed by atoms with Gasteiger partial charge in [-0.15, -0.1) is 0 Å². The van der Waals surface area contributed by atoms with E-state index in [0.29, 0.717) is 31.7 Å². The third kappa shape index (κ3) is 4.91. The molecule has 0 radical (unpaired) electrons. The predicted molar refractivity (Wildman–Crippen MR) is 175 cm³/mol. The van der Waals surface area contributed by atoms with Crippen molar-refractivity contribution >= 4 is 39.8 Å². The summed E-state index contributed by atoms with van der Waals surface area (Å²) in [6.07, 6.45) is 10.4. The summed E-state index contributed by atoms with van der Waals surface area (Å²) in [4.78, 5) is 32.4. The molecule has 3 aromatic rings. The van der Waals surface area contributed by atoms with Crippen LogP contribution < -0.4 is 14.5 Å². The Morgan fingerprint density at radius 3 is 2.61 bits per heavy atom. The van der Waals surface area contributed by atoms with Crippen LogP contribution in [0.15, 0.2) is 49.1 Å². The maximum Gasteiger partial charge on any atom is 0.318 e. The molecule has 8 rings (SSSR count). The third-order valence-corrected chi connectivity index (χ3v) is 11.0. The molecular weight excluding hydrogens is 572 g/mol. The molecule has 0 N–H and O–H groups in total. The molecule has 44 heavy (non-hydrogen) atoms. The van der Waals surface area contributed by atoms with Crippen LogP contribution in [-0.4, -0.2) is 82.6 Å². The molecule has 5 aliphatic rings. The van der Waals surface area contributed by atoms with Gasteiger partial charge in [-0.2, -0.15) is 9.97 Å². The standard InChI is InChI=1S/C35H41ClN6O2/c1-2-31(43)40-19-13-26(21-40)42(25-11-12-25)33-27-14-20-39(30-10-4-8-24-7-3-9-28(36)32(24)30)22-29(27)37-34(38-33)44-23-35-15-5-17-41(35)18-6-16-35/h2-4,7-10,25-26H,1,5-6,11-23H2. The van der Waals surface area contributed by atoms with Gasteiger partial charge in [0, 0.05) is 42.3 Å². The lowest BCUT2D eigenvalue weighted by molar-refractivity contribution is -0.125. The predicted octanol–water partition coefficient (Wildman–Crippen LogP) is 5.61. The summed E-state index contributed by atoms with van der Waals surface area (Å²) >= 11 is 6.76. The van der Waals surface area contributed by atoms with Gasteiger partial charge in [0.05, 0.1) is 28.8 Å². The van der Waals surface area contributed by atoms with Gasteiger partial charge >= 0.3 is 6.01 Å². The van der Waals surface area contributed by atoms with Crippen LogP contribution in [0.5, 0.6) is 6.01 Å². The molecule has 0 bridgehead atoms. The molecule has 4 aliphatic heterocycles. The summed E-state index contributed by atoms with van der Waals surface area (Å²) in [6, 6.07) is 13.7. The summed E-state index contributed by atoms with van der Waals surface area (Å²) < 4.78 is 6.61. The molecular formula is C35H41ClN6O2. The molecule has 5 heterocycles. The second kappa shape index (κ2) is 11.2. The molecule has 230 valence electrons. The highest BCUT2D eigenvalue weighted by molar-refractivity contribution is 6.36. The van der Waals surface area contributed by atoms with E-state index in [1.54, 1.807) is 0 Å². The molecule has 8 nitrogen and oxygen atoms in total. The number of amides is 1. The molecule has 1 atom stereocenters. The van der Waals surface area contributed by atoms with E-state index in [0.717, 1.165) is 71.8 Å². The van der Waals surface area contributed by atoms with Crippen LogP contribution in [0.3, 0.4) is 0 Å². The summed E-state index contributed by atoms with van der Waals surface area (Å²) in [7, 11) is 0. The first-order valence-corrected chi connectivity index (χ1v) is 16.8. The van der Waals surface area contributed by atoms with Crippen molar-refractivity contribution in [1.29, 1.82) is 0 Å². The molecule has 1 aliphatic carbocycles. The van der Waals surface area contributed by atoms with Crippen LogP contribution >= 0.6 is 11.6 Å². The molecule has 4 fully saturated rings. The number of carbonyl (C=O) groups is 1. The molecule has 1 saturated carbocycles. The van der Waals surface area contributed by atoms with Gasteiger partial charge in [-0.3, -0.25) is 9.69 Å². The Labute approximate surface area is 264 Å². The van der Waals surface area contributed by atoms with E-state index >= 15 is 0 Å². The molecule has 1 amide bonds. The molecule has 9 heteroatoms. The highest BCUT2D eigenvalue weighted by Crippen LogP contribution is 2.42. The monoisotopic (exact) mass is 612 g/mol. The Bertz CT molecular complexity index is 1590. The quantitative estimate of drug-likeness (QED) is 0.307. The Kier molecular flexibility index (Phi) is 7.17. The van der Waals surface area contributed by atoms with Crippen LogP contribution in [0.25, 0.3) is 10.8 Å². The van der Waals surface area contributed by atoms with Crippen molar-refractivity contribution in [2.45, 2.75) is 75.5 Å². The van der Waals surface area contributed by atoms with Crippen molar-refractivity contribution < 1.29 is 9.53 Å². The highest BCUT2D eigenvalue weighted by Gasteiger charge is 2.45. The second-order valence-electron chi connectivity index (χ2n) is 13.3. The number of carbonyl (C=O) groups excluding carboxylic acids is 1. The minimum atomic E-state index is 0.0123. The smallest absolute Gasteiger partial charge is 0.318 e. The minimum absolute atomic E-state index is 0.0123. The van der Waals surface area contributed by atoms with E-state index in [1.807, 2.05) is 17.0 Å². The first-order valence-electron chi connectivity index (χ1n) is 16.4. The largest absolute Gasteiger partial charge is 0.461 e. The Morgan fingerprint density at radius 1 is 1.05 bits per heavy atom. The minimum Gasteiger partial charge on any atom is -0.461 e. The van der Waals surface area contributed by atoms with Crippen LogP contribution in [0.4, 0.5) is 11.5 Å². The van der Waals surface area contributed by atoms with Crippen molar-refractivity contribution in [2.24, 2.45) is 0 Å². The number of fused-ring (bicyclic) bond motifs is 3. The van der Waals surface area contributed by atoms with Crippen LogP contribution in [0.2, 0.25) is 5.02 Å². The summed E-state index contributed by atoms with van der Waals surface area (Å²) in [6.45, 7) is 9.68. The van der Waals surface area contributed by atoms with Crippen LogP contribution in [0, 0.1) is 0 Å². The van der Waals surface area contributed by atoms with Crippen molar-refractivity contribution in [2.75, 3.05) is 49.1 Å². The average molecular weight is 613 g/mol. The highest BCUT2D eigenvalue weighted by atomic mass is 35.5. The normalized spacial score (nSPS) is 22.7. The van der Waals surface area contributed by atoms with E-state index in [9.17, 15) is 4.79 Å². The number of ether oxygens (including phenoxy) is 1. The van der Waals surface area contributed by atoms with Gasteiger partial charge in [-0.05, 0) is 88.1 Å². The lowest BCUT2D eigenvalue weighted by Crippen LogP contribution is -2.44. The van der Waals surface area contributed by atoms with Crippen LogP contribution in [-0.2, 0) is 17.8 Å². The Hall–Kier alpha value is -3.36. The molecule has 1 unspecified atom stereocenters. The van der Waals surface area contributed by atoms with Crippen molar-refractivity contribution in [3.05, 3.63) is 65.3 Å². The number of hydrogen-bond acceptors (Lipinski definition) is 7. The fourth-order valence-corrected chi connectivity index (χ4v) is 8.65. The van der Waals surface area contributed by atoms with E-state index in [1.165, 1.54) is 50.4 Å². The number of hydrogen-bond donors (Lipinski definition) is 0. The van der Waals surface area contributed by atoms with Gasteiger partial charge in [-0.1, -0.05) is 42.4 Å². The number of aromatic nitrogens is 2. The van der Waals surface area contributed by atoms with Gasteiger partial charge in [0.15, 0.2) is 0 Å². The van der Waals surface area contributed by atoms with Gasteiger partial charge in [0.25, 0.3) is 0 Å². The van der Waals surface area contributed by atoms with Gasteiger partial charge < -0.3 is 19.4 Å². The summed E-state index contributed by atoms with van der Waals surface area (Å²) in [5, 5.41) is 3.00. The van der Waals surface area contributed by atoms with E-state index in [-0.39, 0.29) is 17.5 Å². The molecule has 0 spiro atoms. The zero-order valence-electron chi connectivity index (χ0n) is 25.4. The van der Waals surface area contributed by atoms with Gasteiger partial charge in [0.1, 0.15) is 12.4 Å². The van der Waals surface area contributed by atoms with E-state index in [4.69, 9.17) is 26.3 Å². The average Bonchev–Trinajstić information content (AvgIpc) is 3.41. The lowest BCUT2D eigenvalue weighted by atomic mass is 9.95. The first kappa shape index (κ1) is 28.1. The van der Waals surface area contributed by atoms with Crippen molar-refractivity contribution in [3.63, 3.8) is 0 Å². The summed E-state index contributed by atoms with van der Waals surface area (Å²) in [5.41, 5.74) is 3.52. The number of anilines is 2. The Morgan fingerprint density at radius 2 is 1.84 bits per heavy atom. The number of halogens is 1. The fourth-order valence-electron chi connectivity index (χ4n) is 8.37. The number of likely N-dealkylation sites (tertiary alicyclic amines) is 1. The molecule has 3 saturated heterocycles. The maximum absolute atomic E-state index is 12.5. The van der Waals surface area contributed by atoms with E-state index < -0.39 is 0 Å². The van der Waals surface area contributed by atoms with Crippen LogP contribution in [0.1, 0.15) is 56.2 Å². The number of nitrogens with zero attached hydrogens (tertiary/aromatic N) is 6. The number of benzene rings is 2. The summed E-state index contributed by atoms with van der Waals surface area (Å²) in [5.74, 6) is 1.03. The lowest BCUT2D eigenvalue weighted by Gasteiger charge is -2.37. The number of rotatable bonds is 8. The topological polar surface area (TPSA) is 65.0 Å². The zero-order chi connectivity index (χ0) is 29.8. The molecule has 2 aromatic carbocycles. The SMILES string of the molecule is C=CC(=O)N1CCC(N(c2nc(OCC34CCCN3CCC4)nc3c2CCN(c2cccc4cccc(Cl)c24)C3)C2CC2)C1. The molecule has 1 aromatic heterocycles.